The van der Waals surface area contributed by atoms with Crippen LogP contribution in [0, 0.1) is 13.8 Å². The van der Waals surface area contributed by atoms with Crippen molar-refractivity contribution in [3.63, 3.8) is 0 Å². The molecule has 0 atom stereocenters. The van der Waals surface area contributed by atoms with Gasteiger partial charge in [0.15, 0.2) is 0 Å². The summed E-state index contributed by atoms with van der Waals surface area (Å²) in [7, 11) is 2.09. The van der Waals surface area contributed by atoms with E-state index in [0.717, 1.165) is 17.2 Å². The Hall–Kier alpha value is -2.55. The highest BCUT2D eigenvalue weighted by Gasteiger charge is 2.08. The number of carbonyl (C=O) groups is 1. The third-order valence-corrected chi connectivity index (χ3v) is 4.31. The summed E-state index contributed by atoms with van der Waals surface area (Å²) in [6, 6.07) is 6.47. The van der Waals surface area contributed by atoms with Crippen molar-refractivity contribution in [3.05, 3.63) is 64.9 Å². The zero-order valence-electron chi connectivity index (χ0n) is 14.3. The fraction of sp³-hybridized carbons (Fsp3) is 0.250. The summed E-state index contributed by atoms with van der Waals surface area (Å²) in [5.74, 6) is -1.17. The lowest BCUT2D eigenvalue weighted by Gasteiger charge is -2.03. The molecule has 1 aromatic carbocycles. The summed E-state index contributed by atoms with van der Waals surface area (Å²) < 4.78 is 2.21. The van der Waals surface area contributed by atoms with Crippen LogP contribution in [0.15, 0.2) is 48.1 Å². The number of nitrogens with zero attached hydrogens (tertiary/aromatic N) is 1. The van der Waals surface area contributed by atoms with Crippen molar-refractivity contribution in [2.45, 2.75) is 27.7 Å². The Morgan fingerprint density at radius 1 is 1.22 bits per heavy atom. The van der Waals surface area contributed by atoms with Gasteiger partial charge in [-0.05, 0) is 68.2 Å². The van der Waals surface area contributed by atoms with E-state index in [1.54, 1.807) is 13.0 Å². The van der Waals surface area contributed by atoms with Crippen LogP contribution >= 0.6 is 0 Å². The molecule has 0 radical (unpaired) electrons. The highest BCUT2D eigenvalue weighted by Crippen LogP contribution is 2.27. The average Bonchev–Trinajstić information content (AvgIpc) is 2.71. The van der Waals surface area contributed by atoms with Gasteiger partial charge in [-0.1, -0.05) is 24.3 Å². The smallest absolute Gasteiger partial charge is 0.0645 e. The Bertz CT molecular complexity index is 848. The van der Waals surface area contributed by atoms with Crippen LogP contribution in [0.4, 0.5) is 0 Å². The number of hydrogen-bond donors (Lipinski definition) is 0. The SMILES string of the molecule is CC(/C=C/C=C(\C)c1ccc2c(c1)c(C)c(C)n2C)=C\C(=O)[O-]. The summed E-state index contributed by atoms with van der Waals surface area (Å²) in [4.78, 5) is 10.5. The van der Waals surface area contributed by atoms with Crippen molar-refractivity contribution in [2.75, 3.05) is 0 Å². The number of fused-ring (bicyclic) bond motifs is 1. The van der Waals surface area contributed by atoms with Crippen LogP contribution in [0.2, 0.25) is 0 Å². The molecule has 3 nitrogen and oxygen atoms in total. The molecule has 0 unspecified atom stereocenters. The summed E-state index contributed by atoms with van der Waals surface area (Å²) in [6.07, 6.45) is 6.69. The summed E-state index contributed by atoms with van der Waals surface area (Å²) in [6.45, 7) is 8.06. The fourth-order valence-electron chi connectivity index (χ4n) is 2.68. The fourth-order valence-corrected chi connectivity index (χ4v) is 2.68. The standard InChI is InChI=1S/C20H23NO2/c1-13(11-20(22)23)7-6-8-14(2)17-9-10-19-18(12-17)15(3)16(4)21(19)5/h6-12H,1-5H3,(H,22,23)/p-1/b7-6+,13-11+,14-8+. The van der Waals surface area contributed by atoms with Gasteiger partial charge < -0.3 is 14.5 Å². The van der Waals surface area contributed by atoms with E-state index in [4.69, 9.17) is 0 Å². The molecule has 2 rings (SSSR count). The molecule has 3 heteroatoms. The molecule has 1 aromatic heterocycles. The second-order valence-electron chi connectivity index (χ2n) is 5.92. The molecular formula is C20H22NO2-. The number of aryl methyl sites for hydroxylation is 2. The monoisotopic (exact) mass is 308 g/mol. The highest BCUT2D eigenvalue weighted by atomic mass is 16.4. The molecule has 0 fully saturated rings. The van der Waals surface area contributed by atoms with Gasteiger partial charge in [0.1, 0.15) is 0 Å². The molecular weight excluding hydrogens is 286 g/mol. The predicted molar refractivity (Wildman–Crippen MR) is 93.9 cm³/mol. The number of allylic oxidation sites excluding steroid dienone is 5. The van der Waals surface area contributed by atoms with Gasteiger partial charge in [-0.3, -0.25) is 0 Å². The van der Waals surface area contributed by atoms with Crippen molar-refractivity contribution in [1.82, 2.24) is 4.57 Å². The van der Waals surface area contributed by atoms with Crippen LogP contribution in [0.5, 0.6) is 0 Å². The van der Waals surface area contributed by atoms with Gasteiger partial charge in [-0.15, -0.1) is 0 Å². The first kappa shape index (κ1) is 16.8. The number of carboxylic acids is 1. The average molecular weight is 308 g/mol. The topological polar surface area (TPSA) is 45.1 Å². The van der Waals surface area contributed by atoms with Crippen LogP contribution < -0.4 is 5.11 Å². The van der Waals surface area contributed by atoms with Gasteiger partial charge in [-0.2, -0.15) is 0 Å². The number of carboxylic acid groups (broad SMARTS) is 1. The predicted octanol–water partition coefficient (Wildman–Crippen LogP) is 3.45. The molecule has 0 N–H and O–H groups in total. The number of hydrogen-bond acceptors (Lipinski definition) is 2. The summed E-state index contributed by atoms with van der Waals surface area (Å²) in [5.41, 5.74) is 6.77. The van der Waals surface area contributed by atoms with Gasteiger partial charge in [-0.25, -0.2) is 0 Å². The molecule has 1 heterocycles. The van der Waals surface area contributed by atoms with E-state index in [-0.39, 0.29) is 0 Å². The quantitative estimate of drug-likeness (QED) is 0.641. The van der Waals surface area contributed by atoms with Crippen LogP contribution in [-0.4, -0.2) is 10.5 Å². The van der Waals surface area contributed by atoms with Crippen LogP contribution in [0.1, 0.15) is 30.7 Å². The Kier molecular flexibility index (Phi) is 4.89. The molecule has 23 heavy (non-hydrogen) atoms. The molecule has 0 saturated carbocycles. The maximum Gasteiger partial charge on any atom is 0.0645 e. The van der Waals surface area contributed by atoms with E-state index in [9.17, 15) is 9.90 Å². The minimum absolute atomic E-state index is 0.652. The number of aliphatic carboxylic acids is 1. The largest absolute Gasteiger partial charge is 0.545 e. The number of benzene rings is 1. The van der Waals surface area contributed by atoms with Crippen molar-refractivity contribution in [2.24, 2.45) is 7.05 Å². The second-order valence-corrected chi connectivity index (χ2v) is 5.92. The molecule has 120 valence electrons. The molecule has 2 aromatic rings. The van der Waals surface area contributed by atoms with Gasteiger partial charge in [0.05, 0.1) is 5.97 Å². The summed E-state index contributed by atoms with van der Waals surface area (Å²) in [5, 5.41) is 11.7. The molecule has 0 spiro atoms. The zero-order valence-corrected chi connectivity index (χ0v) is 14.3. The number of aromatic nitrogens is 1. The first-order chi connectivity index (χ1) is 10.8. The van der Waals surface area contributed by atoms with E-state index in [0.29, 0.717) is 5.57 Å². The van der Waals surface area contributed by atoms with Gasteiger partial charge in [0, 0.05) is 23.6 Å². The molecule has 0 bridgehead atoms. The third-order valence-electron chi connectivity index (χ3n) is 4.31. The Morgan fingerprint density at radius 2 is 1.91 bits per heavy atom. The van der Waals surface area contributed by atoms with Gasteiger partial charge in [0.2, 0.25) is 0 Å². The van der Waals surface area contributed by atoms with Crippen molar-refractivity contribution < 1.29 is 9.90 Å². The lowest BCUT2D eigenvalue weighted by Crippen LogP contribution is -2.19. The molecule has 0 aliphatic carbocycles. The van der Waals surface area contributed by atoms with E-state index in [1.807, 2.05) is 12.2 Å². The van der Waals surface area contributed by atoms with Crippen LogP contribution in [0.3, 0.4) is 0 Å². The van der Waals surface area contributed by atoms with Gasteiger partial charge in [0.25, 0.3) is 0 Å². The molecule has 0 saturated heterocycles. The van der Waals surface area contributed by atoms with Crippen LogP contribution in [0.25, 0.3) is 16.5 Å². The summed E-state index contributed by atoms with van der Waals surface area (Å²) >= 11 is 0. The van der Waals surface area contributed by atoms with E-state index in [1.165, 1.54) is 22.2 Å². The van der Waals surface area contributed by atoms with Crippen molar-refractivity contribution in [1.29, 1.82) is 0 Å². The first-order valence-corrected chi connectivity index (χ1v) is 7.61. The maximum atomic E-state index is 10.5. The minimum atomic E-state index is -1.17. The number of rotatable bonds is 4. The van der Waals surface area contributed by atoms with Gasteiger partial charge >= 0.3 is 0 Å². The zero-order chi connectivity index (χ0) is 17.1. The molecule has 0 aliphatic rings. The minimum Gasteiger partial charge on any atom is -0.545 e. The van der Waals surface area contributed by atoms with Crippen LogP contribution in [-0.2, 0) is 11.8 Å². The van der Waals surface area contributed by atoms with E-state index in [2.05, 4.69) is 50.6 Å². The molecule has 0 aliphatic heterocycles. The van der Waals surface area contributed by atoms with E-state index < -0.39 is 5.97 Å². The van der Waals surface area contributed by atoms with Crippen molar-refractivity contribution in [3.8, 4) is 0 Å². The van der Waals surface area contributed by atoms with Crippen molar-refractivity contribution >= 4 is 22.4 Å². The second kappa shape index (κ2) is 6.69. The first-order valence-electron chi connectivity index (χ1n) is 7.61. The normalized spacial score (nSPS) is 13.3. The maximum absolute atomic E-state index is 10.5. The third kappa shape index (κ3) is 3.62. The lowest BCUT2D eigenvalue weighted by molar-refractivity contribution is -0.297. The number of carbonyl (C=O) groups excluding carboxylic acids is 1. The highest BCUT2D eigenvalue weighted by molar-refractivity contribution is 5.88. The Morgan fingerprint density at radius 3 is 2.57 bits per heavy atom. The Balaban J connectivity index is 2.33. The lowest BCUT2D eigenvalue weighted by atomic mass is 10.0. The Labute approximate surface area is 137 Å². The van der Waals surface area contributed by atoms with E-state index >= 15 is 0 Å². The molecule has 0 amide bonds.